The summed E-state index contributed by atoms with van der Waals surface area (Å²) in [5.74, 6) is 0.844. The number of aryl methyl sites for hydroxylation is 1. The normalized spacial score (nSPS) is 10.9. The number of hydrogen-bond donors (Lipinski definition) is 1. The van der Waals surface area contributed by atoms with Crippen LogP contribution < -0.4 is 5.73 Å². The van der Waals surface area contributed by atoms with E-state index >= 15 is 0 Å². The monoisotopic (exact) mass is 316 g/mol. The van der Waals surface area contributed by atoms with E-state index in [1.165, 1.54) is 0 Å². The van der Waals surface area contributed by atoms with Crippen LogP contribution in [0.5, 0.6) is 0 Å². The van der Waals surface area contributed by atoms with Crippen LogP contribution in [-0.2, 0) is 6.54 Å². The van der Waals surface area contributed by atoms with E-state index in [2.05, 4.69) is 9.97 Å². The second-order valence-electron chi connectivity index (χ2n) is 4.67. The van der Waals surface area contributed by atoms with Crippen LogP contribution in [0.3, 0.4) is 0 Å². The highest BCUT2D eigenvalue weighted by Gasteiger charge is 2.14. The van der Waals surface area contributed by atoms with Gasteiger partial charge in [-0.1, -0.05) is 54.2 Å². The van der Waals surface area contributed by atoms with E-state index in [1.807, 2.05) is 41.0 Å². The number of halogens is 1. The lowest BCUT2D eigenvalue weighted by atomic mass is 10.2. The number of thiocarbonyl (C=S) groups is 1. The van der Waals surface area contributed by atoms with Crippen molar-refractivity contribution in [1.29, 1.82) is 0 Å². The largest absolute Gasteiger partial charge is 0.393 e. The van der Waals surface area contributed by atoms with Crippen LogP contribution in [0, 0.1) is 0 Å². The Morgan fingerprint density at radius 1 is 1.29 bits per heavy atom. The van der Waals surface area contributed by atoms with E-state index in [0.717, 1.165) is 22.6 Å². The van der Waals surface area contributed by atoms with Gasteiger partial charge in [0.2, 0.25) is 0 Å². The molecule has 0 saturated heterocycles. The standard InChI is InChI=1S/C15H13ClN4S/c16-11-8-12-15(18-9-11)20(7-6-13(17)21)14(19-12)10-4-2-1-3-5-10/h1-5,8-9H,6-7H2,(H2,17,21). The average Bonchev–Trinajstić information content (AvgIpc) is 2.83. The van der Waals surface area contributed by atoms with Crippen LogP contribution in [-0.4, -0.2) is 19.5 Å². The summed E-state index contributed by atoms with van der Waals surface area (Å²) < 4.78 is 2.03. The summed E-state index contributed by atoms with van der Waals surface area (Å²) in [7, 11) is 0. The summed E-state index contributed by atoms with van der Waals surface area (Å²) in [6.07, 6.45) is 2.22. The van der Waals surface area contributed by atoms with Gasteiger partial charge in [-0.25, -0.2) is 9.97 Å². The molecule has 0 saturated carbocycles. The van der Waals surface area contributed by atoms with E-state index in [9.17, 15) is 0 Å². The molecule has 0 aliphatic heterocycles. The molecule has 0 amide bonds. The van der Waals surface area contributed by atoms with E-state index in [0.29, 0.717) is 23.0 Å². The maximum Gasteiger partial charge on any atom is 0.160 e. The second-order valence-corrected chi connectivity index (χ2v) is 5.63. The molecule has 106 valence electrons. The van der Waals surface area contributed by atoms with Gasteiger partial charge in [0.15, 0.2) is 5.65 Å². The second kappa shape index (κ2) is 5.79. The van der Waals surface area contributed by atoms with E-state index in [1.54, 1.807) is 6.20 Å². The minimum Gasteiger partial charge on any atom is -0.393 e. The van der Waals surface area contributed by atoms with Gasteiger partial charge in [0, 0.05) is 24.7 Å². The van der Waals surface area contributed by atoms with Crippen molar-refractivity contribution in [2.75, 3.05) is 0 Å². The molecule has 2 N–H and O–H groups in total. The van der Waals surface area contributed by atoms with Crippen LogP contribution in [0.4, 0.5) is 0 Å². The Morgan fingerprint density at radius 2 is 2.05 bits per heavy atom. The summed E-state index contributed by atoms with van der Waals surface area (Å²) in [5.41, 5.74) is 8.20. The molecule has 3 rings (SSSR count). The van der Waals surface area contributed by atoms with Crippen LogP contribution in [0.1, 0.15) is 6.42 Å². The van der Waals surface area contributed by atoms with E-state index in [4.69, 9.17) is 29.6 Å². The zero-order valence-electron chi connectivity index (χ0n) is 11.2. The van der Waals surface area contributed by atoms with Crippen molar-refractivity contribution in [1.82, 2.24) is 14.5 Å². The van der Waals surface area contributed by atoms with Crippen molar-refractivity contribution in [2.24, 2.45) is 5.73 Å². The maximum atomic E-state index is 6.00. The van der Waals surface area contributed by atoms with Gasteiger partial charge in [-0.15, -0.1) is 0 Å². The Bertz CT molecular complexity index is 798. The molecule has 2 heterocycles. The number of hydrogen-bond acceptors (Lipinski definition) is 3. The number of pyridine rings is 1. The first kappa shape index (κ1) is 14.0. The molecule has 0 radical (unpaired) electrons. The van der Waals surface area contributed by atoms with E-state index in [-0.39, 0.29) is 0 Å². The smallest absolute Gasteiger partial charge is 0.160 e. The number of aromatic nitrogens is 3. The topological polar surface area (TPSA) is 56.7 Å². The predicted octanol–water partition coefficient (Wildman–Crippen LogP) is 3.43. The first-order valence-electron chi connectivity index (χ1n) is 6.50. The number of fused-ring (bicyclic) bond motifs is 1. The molecule has 21 heavy (non-hydrogen) atoms. The Labute approximate surface area is 132 Å². The fraction of sp³-hybridized carbons (Fsp3) is 0.133. The summed E-state index contributed by atoms with van der Waals surface area (Å²) in [5, 5.41) is 0.570. The molecule has 0 fully saturated rings. The minimum atomic E-state index is 0.477. The molecule has 0 spiro atoms. The molecular weight excluding hydrogens is 304 g/mol. The zero-order chi connectivity index (χ0) is 14.8. The number of nitrogens with two attached hydrogens (primary N) is 1. The molecular formula is C15H13ClN4S. The van der Waals surface area contributed by atoms with Gasteiger partial charge < -0.3 is 10.3 Å². The lowest BCUT2D eigenvalue weighted by Gasteiger charge is -2.08. The third kappa shape index (κ3) is 2.89. The van der Waals surface area contributed by atoms with Crippen molar-refractivity contribution >= 4 is 40.0 Å². The molecule has 2 aromatic heterocycles. The maximum absolute atomic E-state index is 6.00. The Balaban J connectivity index is 2.17. The quantitative estimate of drug-likeness (QED) is 0.749. The molecule has 0 bridgehead atoms. The molecule has 0 atom stereocenters. The van der Waals surface area contributed by atoms with Gasteiger partial charge in [0.25, 0.3) is 0 Å². The number of imidazole rings is 1. The molecule has 6 heteroatoms. The summed E-state index contributed by atoms with van der Waals surface area (Å²) in [6.45, 7) is 0.644. The molecule has 0 aliphatic rings. The number of nitrogens with zero attached hydrogens (tertiary/aromatic N) is 3. The SMILES string of the molecule is NC(=S)CCn1c(-c2ccccc2)nc2cc(Cl)cnc21. The summed E-state index contributed by atoms with van der Waals surface area (Å²) in [6, 6.07) is 11.8. The fourth-order valence-electron chi connectivity index (χ4n) is 2.23. The molecule has 4 nitrogen and oxygen atoms in total. The number of rotatable bonds is 4. The van der Waals surface area contributed by atoms with Crippen LogP contribution in [0.2, 0.25) is 5.02 Å². The highest BCUT2D eigenvalue weighted by atomic mass is 35.5. The highest BCUT2D eigenvalue weighted by molar-refractivity contribution is 7.80. The van der Waals surface area contributed by atoms with Crippen molar-refractivity contribution in [3.8, 4) is 11.4 Å². The number of benzene rings is 1. The lowest BCUT2D eigenvalue weighted by molar-refractivity contribution is 0.749. The van der Waals surface area contributed by atoms with Crippen LogP contribution >= 0.6 is 23.8 Å². The van der Waals surface area contributed by atoms with Gasteiger partial charge in [0.05, 0.1) is 10.0 Å². The van der Waals surface area contributed by atoms with Gasteiger partial charge in [-0.3, -0.25) is 0 Å². The zero-order valence-corrected chi connectivity index (χ0v) is 12.7. The van der Waals surface area contributed by atoms with Gasteiger partial charge in [-0.2, -0.15) is 0 Å². The van der Waals surface area contributed by atoms with Gasteiger partial charge in [-0.05, 0) is 6.07 Å². The van der Waals surface area contributed by atoms with Gasteiger partial charge in [0.1, 0.15) is 11.3 Å². The molecule has 0 aliphatic carbocycles. The third-order valence-electron chi connectivity index (χ3n) is 3.17. The van der Waals surface area contributed by atoms with Crippen molar-refractivity contribution in [3.05, 3.63) is 47.6 Å². The highest BCUT2D eigenvalue weighted by Crippen LogP contribution is 2.25. The molecule has 3 aromatic rings. The lowest BCUT2D eigenvalue weighted by Crippen LogP contribution is -2.12. The first-order chi connectivity index (χ1) is 10.1. The molecule has 1 aromatic carbocycles. The van der Waals surface area contributed by atoms with Crippen LogP contribution in [0.15, 0.2) is 42.6 Å². The minimum absolute atomic E-state index is 0.477. The first-order valence-corrected chi connectivity index (χ1v) is 7.29. The Kier molecular flexibility index (Phi) is 3.86. The van der Waals surface area contributed by atoms with Crippen molar-refractivity contribution in [3.63, 3.8) is 0 Å². The summed E-state index contributed by atoms with van der Waals surface area (Å²) in [4.78, 5) is 9.52. The third-order valence-corrected chi connectivity index (χ3v) is 3.58. The fourth-order valence-corrected chi connectivity index (χ4v) is 2.47. The van der Waals surface area contributed by atoms with E-state index < -0.39 is 0 Å². The summed E-state index contributed by atoms with van der Waals surface area (Å²) >= 11 is 11.0. The van der Waals surface area contributed by atoms with Gasteiger partial charge >= 0.3 is 0 Å². The van der Waals surface area contributed by atoms with Crippen molar-refractivity contribution in [2.45, 2.75) is 13.0 Å². The predicted molar refractivity (Wildman–Crippen MR) is 89.4 cm³/mol. The van der Waals surface area contributed by atoms with Crippen molar-refractivity contribution < 1.29 is 0 Å². The molecule has 0 unspecified atom stereocenters. The average molecular weight is 317 g/mol. The van der Waals surface area contributed by atoms with Crippen LogP contribution in [0.25, 0.3) is 22.6 Å². The Hall–Kier alpha value is -1.98. The Morgan fingerprint density at radius 3 is 2.76 bits per heavy atom.